The fraction of sp³-hybridized carbons (Fsp3) is 0.538. The molecule has 100 valence electrons. The lowest BCUT2D eigenvalue weighted by Crippen LogP contribution is -2.27. The highest BCUT2D eigenvalue weighted by Crippen LogP contribution is 2.10. The van der Waals surface area contributed by atoms with Gasteiger partial charge < -0.3 is 15.4 Å². The van der Waals surface area contributed by atoms with Gasteiger partial charge in [0.05, 0.1) is 6.61 Å². The number of aryl methyl sites for hydroxylation is 1. The molecule has 0 saturated heterocycles. The molecule has 0 spiro atoms. The monoisotopic (exact) mass is 251 g/mol. The van der Waals surface area contributed by atoms with E-state index >= 15 is 0 Å². The summed E-state index contributed by atoms with van der Waals surface area (Å²) in [6.07, 6.45) is 0.800. The van der Waals surface area contributed by atoms with E-state index in [1.54, 1.807) is 13.1 Å². The first-order chi connectivity index (χ1) is 8.71. The number of rotatable bonds is 7. The van der Waals surface area contributed by atoms with E-state index in [1.807, 2.05) is 19.9 Å². The van der Waals surface area contributed by atoms with Crippen LogP contribution in [0.3, 0.4) is 0 Å². The van der Waals surface area contributed by atoms with Crippen molar-refractivity contribution >= 4 is 11.7 Å². The van der Waals surface area contributed by atoms with Gasteiger partial charge in [0.25, 0.3) is 5.91 Å². The van der Waals surface area contributed by atoms with Crippen LogP contribution >= 0.6 is 0 Å². The minimum absolute atomic E-state index is 0.0942. The van der Waals surface area contributed by atoms with Crippen molar-refractivity contribution in [2.75, 3.05) is 32.1 Å². The van der Waals surface area contributed by atoms with Gasteiger partial charge in [-0.05, 0) is 25.5 Å². The van der Waals surface area contributed by atoms with E-state index in [-0.39, 0.29) is 5.91 Å². The van der Waals surface area contributed by atoms with Crippen LogP contribution in [0.15, 0.2) is 12.1 Å². The molecule has 1 rings (SSSR count). The molecule has 0 aliphatic rings. The summed E-state index contributed by atoms with van der Waals surface area (Å²) in [5.74, 6) is 0.618. The number of nitrogens with zero attached hydrogens (tertiary/aromatic N) is 1. The van der Waals surface area contributed by atoms with Gasteiger partial charge in [-0.1, -0.05) is 6.92 Å². The Bertz CT molecular complexity index is 372. The molecule has 0 aliphatic heterocycles. The Kier molecular flexibility index (Phi) is 6.14. The number of aromatic nitrogens is 1. The van der Waals surface area contributed by atoms with Gasteiger partial charge in [0.15, 0.2) is 0 Å². The first-order valence-electron chi connectivity index (χ1n) is 6.25. The van der Waals surface area contributed by atoms with E-state index in [9.17, 15) is 4.79 Å². The smallest absolute Gasteiger partial charge is 0.251 e. The SMILES string of the molecule is CCOCCNC(=O)c1cc(CC)nc(NC)c1. The van der Waals surface area contributed by atoms with E-state index in [1.165, 1.54) is 0 Å². The van der Waals surface area contributed by atoms with Crippen LogP contribution < -0.4 is 10.6 Å². The van der Waals surface area contributed by atoms with Crippen molar-refractivity contribution in [3.8, 4) is 0 Å². The summed E-state index contributed by atoms with van der Waals surface area (Å²) >= 11 is 0. The van der Waals surface area contributed by atoms with Gasteiger partial charge in [0.2, 0.25) is 0 Å². The second-order valence-electron chi connectivity index (χ2n) is 3.79. The van der Waals surface area contributed by atoms with Crippen molar-refractivity contribution in [1.29, 1.82) is 0 Å². The van der Waals surface area contributed by atoms with Gasteiger partial charge in [0.1, 0.15) is 5.82 Å². The van der Waals surface area contributed by atoms with Gasteiger partial charge in [0, 0.05) is 31.5 Å². The normalized spacial score (nSPS) is 10.2. The molecule has 0 saturated carbocycles. The molecule has 1 amide bonds. The van der Waals surface area contributed by atoms with Crippen molar-refractivity contribution in [3.63, 3.8) is 0 Å². The number of ether oxygens (including phenoxy) is 1. The van der Waals surface area contributed by atoms with Crippen LogP contribution in [0.4, 0.5) is 5.82 Å². The molecular formula is C13H21N3O2. The Hall–Kier alpha value is -1.62. The number of carbonyl (C=O) groups is 1. The number of amides is 1. The van der Waals surface area contributed by atoms with Crippen LogP contribution in [0.5, 0.6) is 0 Å². The maximum absolute atomic E-state index is 11.9. The number of carbonyl (C=O) groups excluding carboxylic acids is 1. The molecule has 0 fully saturated rings. The summed E-state index contributed by atoms with van der Waals surface area (Å²) in [6, 6.07) is 3.56. The topological polar surface area (TPSA) is 63.2 Å². The summed E-state index contributed by atoms with van der Waals surface area (Å²) < 4.78 is 5.17. The summed E-state index contributed by atoms with van der Waals surface area (Å²) in [7, 11) is 1.79. The molecule has 0 unspecified atom stereocenters. The molecule has 1 aromatic heterocycles. The summed E-state index contributed by atoms with van der Waals surface area (Å²) in [4.78, 5) is 16.3. The molecule has 0 bridgehead atoms. The second-order valence-corrected chi connectivity index (χ2v) is 3.79. The van der Waals surface area contributed by atoms with Gasteiger partial charge in [-0.3, -0.25) is 4.79 Å². The Morgan fingerprint density at radius 3 is 2.78 bits per heavy atom. The highest BCUT2D eigenvalue weighted by atomic mass is 16.5. The fourth-order valence-electron chi connectivity index (χ4n) is 1.51. The van der Waals surface area contributed by atoms with Crippen molar-refractivity contribution in [3.05, 3.63) is 23.4 Å². The summed E-state index contributed by atoms with van der Waals surface area (Å²) in [5.41, 5.74) is 1.53. The zero-order valence-electron chi connectivity index (χ0n) is 11.2. The average Bonchev–Trinajstić information content (AvgIpc) is 2.42. The molecule has 0 aliphatic carbocycles. The standard InChI is InChI=1S/C13H21N3O2/c1-4-11-8-10(9-12(14-3)16-11)13(17)15-6-7-18-5-2/h8-9H,4-7H2,1-3H3,(H,14,16)(H,15,17). The van der Waals surface area contributed by atoms with Crippen molar-refractivity contribution in [2.24, 2.45) is 0 Å². The van der Waals surface area contributed by atoms with Gasteiger partial charge in [-0.15, -0.1) is 0 Å². The van der Waals surface area contributed by atoms with Gasteiger partial charge >= 0.3 is 0 Å². The number of pyridine rings is 1. The molecular weight excluding hydrogens is 230 g/mol. The maximum atomic E-state index is 11.9. The quantitative estimate of drug-likeness (QED) is 0.720. The molecule has 2 N–H and O–H groups in total. The van der Waals surface area contributed by atoms with Crippen LogP contribution in [-0.2, 0) is 11.2 Å². The highest BCUT2D eigenvalue weighted by molar-refractivity contribution is 5.95. The van der Waals surface area contributed by atoms with Crippen molar-refractivity contribution in [1.82, 2.24) is 10.3 Å². The van der Waals surface area contributed by atoms with E-state index in [2.05, 4.69) is 15.6 Å². The zero-order chi connectivity index (χ0) is 13.4. The minimum atomic E-state index is -0.0942. The van der Waals surface area contributed by atoms with Crippen LogP contribution in [-0.4, -0.2) is 37.7 Å². The lowest BCUT2D eigenvalue weighted by Gasteiger charge is -2.08. The molecule has 1 heterocycles. The first kappa shape index (κ1) is 14.4. The first-order valence-corrected chi connectivity index (χ1v) is 6.25. The Morgan fingerprint density at radius 2 is 2.17 bits per heavy atom. The fourth-order valence-corrected chi connectivity index (χ4v) is 1.51. The summed E-state index contributed by atoms with van der Waals surface area (Å²) in [6.45, 7) is 5.66. The van der Waals surface area contributed by atoms with Gasteiger partial charge in [-0.2, -0.15) is 0 Å². The van der Waals surface area contributed by atoms with Crippen LogP contribution in [0.2, 0.25) is 0 Å². The Balaban J connectivity index is 2.66. The predicted octanol–water partition coefficient (Wildman–Crippen LogP) is 1.45. The third-order valence-electron chi connectivity index (χ3n) is 2.50. The molecule has 0 radical (unpaired) electrons. The number of hydrogen-bond acceptors (Lipinski definition) is 4. The van der Waals surface area contributed by atoms with E-state index < -0.39 is 0 Å². The predicted molar refractivity (Wildman–Crippen MR) is 72.0 cm³/mol. The second kappa shape index (κ2) is 7.66. The van der Waals surface area contributed by atoms with E-state index in [4.69, 9.17) is 4.74 Å². The molecule has 1 aromatic rings. The average molecular weight is 251 g/mol. The Morgan fingerprint density at radius 1 is 1.39 bits per heavy atom. The highest BCUT2D eigenvalue weighted by Gasteiger charge is 2.08. The van der Waals surface area contributed by atoms with E-state index in [0.717, 1.165) is 12.1 Å². The van der Waals surface area contributed by atoms with Crippen LogP contribution in [0.1, 0.15) is 29.9 Å². The summed E-state index contributed by atoms with van der Waals surface area (Å²) in [5, 5.41) is 5.77. The largest absolute Gasteiger partial charge is 0.380 e. The maximum Gasteiger partial charge on any atom is 0.251 e. The van der Waals surface area contributed by atoms with Crippen molar-refractivity contribution < 1.29 is 9.53 Å². The zero-order valence-corrected chi connectivity index (χ0v) is 11.2. The lowest BCUT2D eigenvalue weighted by atomic mass is 10.2. The number of anilines is 1. The van der Waals surface area contributed by atoms with Crippen molar-refractivity contribution in [2.45, 2.75) is 20.3 Å². The lowest BCUT2D eigenvalue weighted by molar-refractivity contribution is 0.0922. The molecule has 5 nitrogen and oxygen atoms in total. The van der Waals surface area contributed by atoms with Gasteiger partial charge in [-0.25, -0.2) is 4.98 Å². The third-order valence-corrected chi connectivity index (χ3v) is 2.50. The van der Waals surface area contributed by atoms with E-state index in [0.29, 0.717) is 31.1 Å². The number of hydrogen-bond donors (Lipinski definition) is 2. The molecule has 0 atom stereocenters. The molecule has 0 aromatic carbocycles. The number of nitrogens with one attached hydrogen (secondary N) is 2. The van der Waals surface area contributed by atoms with Crippen LogP contribution in [0, 0.1) is 0 Å². The minimum Gasteiger partial charge on any atom is -0.380 e. The van der Waals surface area contributed by atoms with Crippen LogP contribution in [0.25, 0.3) is 0 Å². The molecule has 18 heavy (non-hydrogen) atoms. The molecule has 5 heteroatoms. The third kappa shape index (κ3) is 4.33. The Labute approximate surface area is 108 Å².